The summed E-state index contributed by atoms with van der Waals surface area (Å²) >= 11 is 1.08. The molecule has 4 rings (SSSR count). The van der Waals surface area contributed by atoms with Gasteiger partial charge in [-0.1, -0.05) is 37.3 Å². The van der Waals surface area contributed by atoms with Crippen molar-refractivity contribution in [3.63, 3.8) is 0 Å². The fourth-order valence-corrected chi connectivity index (χ4v) is 6.46. The van der Waals surface area contributed by atoms with Crippen molar-refractivity contribution >= 4 is 38.9 Å². The van der Waals surface area contributed by atoms with Crippen molar-refractivity contribution < 1.29 is 18.0 Å². The molecule has 0 bridgehead atoms. The fraction of sp³-hybridized carbons (Fsp3) is 0.250. The summed E-state index contributed by atoms with van der Waals surface area (Å²) in [6.45, 7) is 3.18. The third-order valence-electron chi connectivity index (χ3n) is 5.47. The first-order valence-corrected chi connectivity index (χ1v) is 13.1. The van der Waals surface area contributed by atoms with Gasteiger partial charge in [-0.25, -0.2) is 8.42 Å². The van der Waals surface area contributed by atoms with Crippen LogP contribution in [-0.4, -0.2) is 37.6 Å². The van der Waals surface area contributed by atoms with E-state index in [9.17, 15) is 18.0 Å². The summed E-state index contributed by atoms with van der Waals surface area (Å²) in [4.78, 5) is 25.3. The molecule has 172 valence electrons. The van der Waals surface area contributed by atoms with Gasteiger partial charge in [-0.2, -0.15) is 4.31 Å². The summed E-state index contributed by atoms with van der Waals surface area (Å²) < 4.78 is 28.2. The van der Waals surface area contributed by atoms with Gasteiger partial charge >= 0.3 is 0 Å². The molecule has 2 amide bonds. The molecule has 33 heavy (non-hydrogen) atoms. The first-order valence-electron chi connectivity index (χ1n) is 10.7. The van der Waals surface area contributed by atoms with Crippen molar-refractivity contribution in [3.05, 3.63) is 81.5 Å². The quantitative estimate of drug-likeness (QED) is 0.533. The van der Waals surface area contributed by atoms with Gasteiger partial charge in [0, 0.05) is 30.9 Å². The maximum Gasteiger partial charge on any atom is 0.267 e. The maximum absolute atomic E-state index is 13.4. The predicted octanol–water partition coefficient (Wildman–Crippen LogP) is 3.89. The van der Waals surface area contributed by atoms with Crippen LogP contribution in [0.5, 0.6) is 0 Å². The zero-order valence-electron chi connectivity index (χ0n) is 18.2. The van der Waals surface area contributed by atoms with Crippen molar-refractivity contribution in [3.8, 4) is 0 Å². The summed E-state index contributed by atoms with van der Waals surface area (Å²) in [6.07, 6.45) is 1.45. The number of sulfonamides is 1. The van der Waals surface area contributed by atoms with Crippen molar-refractivity contribution in [2.45, 2.75) is 31.2 Å². The highest BCUT2D eigenvalue weighted by Crippen LogP contribution is 2.30. The van der Waals surface area contributed by atoms with Crippen LogP contribution in [0.3, 0.4) is 0 Å². The molecule has 1 aliphatic rings. The van der Waals surface area contributed by atoms with Gasteiger partial charge in [0.15, 0.2) is 0 Å². The first kappa shape index (κ1) is 23.2. The molecule has 1 aliphatic heterocycles. The van der Waals surface area contributed by atoms with Crippen LogP contribution in [0, 0.1) is 0 Å². The zero-order chi connectivity index (χ0) is 23.4. The number of benzene rings is 2. The molecule has 2 heterocycles. The van der Waals surface area contributed by atoms with E-state index >= 15 is 0 Å². The number of hydrogen-bond donors (Lipinski definition) is 2. The highest BCUT2D eigenvalue weighted by atomic mass is 32.2. The van der Waals surface area contributed by atoms with Crippen LogP contribution in [0.4, 0.5) is 5.69 Å². The number of anilines is 1. The number of rotatable bonds is 7. The van der Waals surface area contributed by atoms with Gasteiger partial charge in [0.05, 0.1) is 0 Å². The van der Waals surface area contributed by atoms with Crippen molar-refractivity contribution in [2.75, 3.05) is 18.4 Å². The van der Waals surface area contributed by atoms with E-state index in [0.29, 0.717) is 30.8 Å². The number of nitrogens with one attached hydrogen (secondary N) is 2. The average molecular weight is 484 g/mol. The number of hydrogen-bond acceptors (Lipinski definition) is 5. The van der Waals surface area contributed by atoms with E-state index in [1.807, 2.05) is 31.2 Å². The number of thiophene rings is 1. The van der Waals surface area contributed by atoms with Crippen molar-refractivity contribution in [1.29, 1.82) is 0 Å². The smallest absolute Gasteiger partial charge is 0.267 e. The molecule has 0 fully saturated rings. The zero-order valence-corrected chi connectivity index (χ0v) is 19.8. The second-order valence-electron chi connectivity index (χ2n) is 7.76. The normalized spacial score (nSPS) is 13.8. The molecule has 0 radical (unpaired) electrons. The maximum atomic E-state index is 13.4. The Hall–Kier alpha value is -3.01. The molecule has 3 aromatic rings. The lowest BCUT2D eigenvalue weighted by molar-refractivity contribution is 0.0952. The third-order valence-corrected chi connectivity index (χ3v) is 8.40. The number of amides is 2. The van der Waals surface area contributed by atoms with Crippen LogP contribution in [-0.2, 0) is 23.0 Å². The summed E-state index contributed by atoms with van der Waals surface area (Å²) in [5.41, 5.74) is 2.97. The summed E-state index contributed by atoms with van der Waals surface area (Å²) in [6, 6.07) is 15.8. The van der Waals surface area contributed by atoms with Crippen molar-refractivity contribution in [1.82, 2.24) is 9.62 Å². The van der Waals surface area contributed by atoms with Crippen LogP contribution in [0.1, 0.15) is 44.5 Å². The van der Waals surface area contributed by atoms with Crippen LogP contribution in [0.15, 0.2) is 64.9 Å². The van der Waals surface area contributed by atoms with Gasteiger partial charge in [0.1, 0.15) is 9.77 Å². The lowest BCUT2D eigenvalue weighted by atomic mass is 10.0. The van der Waals surface area contributed by atoms with E-state index in [4.69, 9.17) is 0 Å². The van der Waals surface area contributed by atoms with Gasteiger partial charge in [0.2, 0.25) is 10.0 Å². The molecular formula is C24H25N3O4S2. The molecule has 0 atom stereocenters. The molecule has 0 saturated heterocycles. The Bertz CT molecular complexity index is 1280. The van der Waals surface area contributed by atoms with Gasteiger partial charge in [-0.3, -0.25) is 9.59 Å². The van der Waals surface area contributed by atoms with E-state index in [1.165, 1.54) is 10.4 Å². The average Bonchev–Trinajstić information content (AvgIpc) is 3.33. The minimum atomic E-state index is -3.84. The minimum Gasteiger partial charge on any atom is -0.352 e. The van der Waals surface area contributed by atoms with Crippen LogP contribution in [0.2, 0.25) is 0 Å². The van der Waals surface area contributed by atoms with Crippen molar-refractivity contribution in [2.24, 2.45) is 0 Å². The van der Waals surface area contributed by atoms with Gasteiger partial charge < -0.3 is 10.6 Å². The second kappa shape index (κ2) is 9.86. The Balaban J connectivity index is 1.53. The highest BCUT2D eigenvalue weighted by molar-refractivity contribution is 7.89. The first-order chi connectivity index (χ1) is 15.9. The molecular weight excluding hydrogens is 458 g/mol. The monoisotopic (exact) mass is 483 g/mol. The molecule has 9 heteroatoms. The van der Waals surface area contributed by atoms with E-state index in [-0.39, 0.29) is 22.2 Å². The Morgan fingerprint density at radius 3 is 2.61 bits per heavy atom. The third kappa shape index (κ3) is 5.00. The van der Waals surface area contributed by atoms with E-state index in [0.717, 1.165) is 28.9 Å². The Kier molecular flexibility index (Phi) is 6.92. The highest BCUT2D eigenvalue weighted by Gasteiger charge is 2.32. The molecule has 0 aliphatic carbocycles. The number of nitrogens with zero attached hydrogens (tertiary/aromatic N) is 1. The molecule has 2 aromatic carbocycles. The minimum absolute atomic E-state index is 0.00113. The Labute approximate surface area is 197 Å². The Morgan fingerprint density at radius 1 is 1.03 bits per heavy atom. The largest absolute Gasteiger partial charge is 0.352 e. The second-order valence-corrected chi connectivity index (χ2v) is 10.6. The topological polar surface area (TPSA) is 95.6 Å². The predicted molar refractivity (Wildman–Crippen MR) is 129 cm³/mol. The van der Waals surface area contributed by atoms with Crippen LogP contribution < -0.4 is 10.6 Å². The lowest BCUT2D eigenvalue weighted by Crippen LogP contribution is -2.36. The van der Waals surface area contributed by atoms with E-state index in [2.05, 4.69) is 10.6 Å². The van der Waals surface area contributed by atoms with Gasteiger partial charge in [-0.05, 0) is 53.6 Å². The summed E-state index contributed by atoms with van der Waals surface area (Å²) in [5, 5.41) is 7.14. The SMILES string of the molecule is CCCNC(=O)c1cccc(NC(=O)c2sccc2S(=O)(=O)N2CCc3ccccc3C2)c1. The summed E-state index contributed by atoms with van der Waals surface area (Å²) in [5.74, 6) is -0.746. The molecule has 1 aromatic heterocycles. The molecule has 7 nitrogen and oxygen atoms in total. The number of carbonyl (C=O) groups excluding carboxylic acids is 2. The lowest BCUT2D eigenvalue weighted by Gasteiger charge is -2.28. The van der Waals surface area contributed by atoms with E-state index < -0.39 is 15.9 Å². The standard InChI is InChI=1S/C24H25N3O4S2/c1-2-12-25-23(28)18-8-5-9-20(15-18)26-24(29)22-21(11-14-32-22)33(30,31)27-13-10-17-6-3-4-7-19(17)16-27/h3-9,11,14-15H,2,10,12-13,16H2,1H3,(H,25,28)(H,26,29). The Morgan fingerprint density at radius 2 is 1.82 bits per heavy atom. The van der Waals surface area contributed by atoms with Crippen LogP contribution in [0.25, 0.3) is 0 Å². The molecule has 0 saturated carbocycles. The van der Waals surface area contributed by atoms with Gasteiger partial charge in [0.25, 0.3) is 11.8 Å². The molecule has 0 spiro atoms. The number of carbonyl (C=O) groups is 2. The molecule has 2 N–H and O–H groups in total. The summed E-state index contributed by atoms with van der Waals surface area (Å²) in [7, 11) is -3.84. The fourth-order valence-electron chi connectivity index (χ4n) is 3.75. The number of fused-ring (bicyclic) bond motifs is 1. The van der Waals surface area contributed by atoms with E-state index in [1.54, 1.807) is 29.6 Å². The van der Waals surface area contributed by atoms with Gasteiger partial charge in [-0.15, -0.1) is 11.3 Å². The molecule has 0 unspecified atom stereocenters. The van der Waals surface area contributed by atoms with Crippen LogP contribution >= 0.6 is 11.3 Å².